The van der Waals surface area contributed by atoms with Crippen molar-refractivity contribution in [3.05, 3.63) is 18.3 Å². The van der Waals surface area contributed by atoms with Crippen LogP contribution >= 0.6 is 0 Å². The summed E-state index contributed by atoms with van der Waals surface area (Å²) in [5.41, 5.74) is 0.822. The van der Waals surface area contributed by atoms with Crippen molar-refractivity contribution in [1.82, 2.24) is 4.98 Å². The Kier molecular flexibility index (Phi) is 3.11. The normalized spacial score (nSPS) is 20.9. The Labute approximate surface area is 94.8 Å². The van der Waals surface area contributed by atoms with Gasteiger partial charge in [-0.3, -0.25) is 0 Å². The number of hydrogen-bond donors (Lipinski definition) is 1. The SMILES string of the molecule is CS(=O)(=O)c1ccc(NC2CCOC2)cn1. The summed E-state index contributed by atoms with van der Waals surface area (Å²) in [6.07, 6.45) is 3.65. The molecule has 1 N–H and O–H groups in total. The average Bonchev–Trinajstić information content (AvgIpc) is 2.70. The lowest BCUT2D eigenvalue weighted by molar-refractivity contribution is 0.195. The van der Waals surface area contributed by atoms with Crippen LogP contribution in [0.15, 0.2) is 23.4 Å². The Morgan fingerprint density at radius 1 is 1.50 bits per heavy atom. The second kappa shape index (κ2) is 4.39. The molecule has 2 rings (SSSR count). The predicted molar refractivity (Wildman–Crippen MR) is 60.2 cm³/mol. The number of anilines is 1. The molecule has 16 heavy (non-hydrogen) atoms. The molecule has 1 aromatic rings. The van der Waals surface area contributed by atoms with Crippen molar-refractivity contribution < 1.29 is 13.2 Å². The monoisotopic (exact) mass is 242 g/mol. The Bertz CT molecular complexity index is 449. The highest BCUT2D eigenvalue weighted by Crippen LogP contribution is 2.14. The van der Waals surface area contributed by atoms with E-state index in [-0.39, 0.29) is 5.03 Å². The van der Waals surface area contributed by atoms with Gasteiger partial charge in [-0.15, -0.1) is 0 Å². The van der Waals surface area contributed by atoms with Gasteiger partial charge in [0.15, 0.2) is 14.9 Å². The molecule has 0 aromatic carbocycles. The fraction of sp³-hybridized carbons (Fsp3) is 0.500. The number of aromatic nitrogens is 1. The van der Waals surface area contributed by atoms with E-state index in [2.05, 4.69) is 10.3 Å². The molecule has 1 aliphatic rings. The van der Waals surface area contributed by atoms with Crippen LogP contribution in [0.25, 0.3) is 0 Å². The van der Waals surface area contributed by atoms with Crippen LogP contribution in [-0.4, -0.2) is 38.9 Å². The number of ether oxygens (including phenoxy) is 1. The average molecular weight is 242 g/mol. The van der Waals surface area contributed by atoms with Crippen molar-refractivity contribution in [2.45, 2.75) is 17.5 Å². The summed E-state index contributed by atoms with van der Waals surface area (Å²) in [6.45, 7) is 1.46. The lowest BCUT2D eigenvalue weighted by atomic mass is 10.2. The Balaban J connectivity index is 2.07. The third kappa shape index (κ3) is 2.70. The quantitative estimate of drug-likeness (QED) is 0.844. The van der Waals surface area contributed by atoms with Gasteiger partial charge in [-0.2, -0.15) is 0 Å². The molecule has 1 aromatic heterocycles. The smallest absolute Gasteiger partial charge is 0.192 e. The van der Waals surface area contributed by atoms with Crippen molar-refractivity contribution >= 4 is 15.5 Å². The molecule has 0 aliphatic carbocycles. The Hall–Kier alpha value is -1.14. The van der Waals surface area contributed by atoms with Gasteiger partial charge in [-0.05, 0) is 18.6 Å². The minimum absolute atomic E-state index is 0.0979. The lowest BCUT2D eigenvalue weighted by Crippen LogP contribution is -2.19. The molecule has 2 heterocycles. The predicted octanol–water partition coefficient (Wildman–Crippen LogP) is 0.686. The topological polar surface area (TPSA) is 68.3 Å². The van der Waals surface area contributed by atoms with Crippen LogP contribution in [0.1, 0.15) is 6.42 Å². The van der Waals surface area contributed by atoms with E-state index < -0.39 is 9.84 Å². The first-order chi connectivity index (χ1) is 7.55. The van der Waals surface area contributed by atoms with E-state index in [0.29, 0.717) is 12.6 Å². The molecular weight excluding hydrogens is 228 g/mol. The third-order valence-electron chi connectivity index (χ3n) is 2.42. The first-order valence-corrected chi connectivity index (χ1v) is 6.95. The van der Waals surface area contributed by atoms with E-state index in [9.17, 15) is 8.42 Å². The van der Waals surface area contributed by atoms with Gasteiger partial charge in [0.05, 0.1) is 24.5 Å². The first kappa shape index (κ1) is 11.3. The van der Waals surface area contributed by atoms with Crippen LogP contribution in [0.5, 0.6) is 0 Å². The van der Waals surface area contributed by atoms with Gasteiger partial charge in [-0.25, -0.2) is 13.4 Å². The molecule has 1 saturated heterocycles. The van der Waals surface area contributed by atoms with E-state index in [4.69, 9.17) is 4.74 Å². The van der Waals surface area contributed by atoms with Crippen LogP contribution in [0.2, 0.25) is 0 Å². The van der Waals surface area contributed by atoms with Gasteiger partial charge in [0.25, 0.3) is 0 Å². The molecule has 0 radical (unpaired) electrons. The molecule has 1 aliphatic heterocycles. The summed E-state index contributed by atoms with van der Waals surface area (Å²) in [6, 6.07) is 3.53. The van der Waals surface area contributed by atoms with Crippen LogP contribution in [-0.2, 0) is 14.6 Å². The molecule has 1 unspecified atom stereocenters. The molecule has 0 bridgehead atoms. The Morgan fingerprint density at radius 2 is 2.31 bits per heavy atom. The molecule has 0 saturated carbocycles. The van der Waals surface area contributed by atoms with Crippen molar-refractivity contribution in [2.75, 3.05) is 24.8 Å². The summed E-state index contributed by atoms with van der Waals surface area (Å²) in [7, 11) is -3.21. The van der Waals surface area contributed by atoms with E-state index in [1.807, 2.05) is 0 Å². The lowest BCUT2D eigenvalue weighted by Gasteiger charge is -2.11. The summed E-state index contributed by atoms with van der Waals surface area (Å²) >= 11 is 0. The highest BCUT2D eigenvalue weighted by molar-refractivity contribution is 7.90. The first-order valence-electron chi connectivity index (χ1n) is 5.06. The zero-order valence-corrected chi connectivity index (χ0v) is 9.83. The molecular formula is C10H14N2O3S. The second-order valence-corrected chi connectivity index (χ2v) is 5.82. The van der Waals surface area contributed by atoms with Gasteiger partial charge in [-0.1, -0.05) is 0 Å². The van der Waals surface area contributed by atoms with Gasteiger partial charge in [0, 0.05) is 12.9 Å². The maximum Gasteiger partial charge on any atom is 0.192 e. The maximum absolute atomic E-state index is 11.2. The largest absolute Gasteiger partial charge is 0.379 e. The van der Waals surface area contributed by atoms with Gasteiger partial charge >= 0.3 is 0 Å². The summed E-state index contributed by atoms with van der Waals surface area (Å²) < 4.78 is 27.6. The summed E-state index contributed by atoms with van der Waals surface area (Å²) in [5.74, 6) is 0. The minimum Gasteiger partial charge on any atom is -0.379 e. The summed E-state index contributed by atoms with van der Waals surface area (Å²) in [5, 5.41) is 3.34. The van der Waals surface area contributed by atoms with E-state index in [1.54, 1.807) is 6.07 Å². The third-order valence-corrected chi connectivity index (χ3v) is 3.42. The number of sulfone groups is 1. The number of nitrogens with one attached hydrogen (secondary N) is 1. The fourth-order valence-corrected chi connectivity index (χ4v) is 2.13. The highest BCUT2D eigenvalue weighted by atomic mass is 32.2. The molecule has 1 fully saturated rings. The fourth-order valence-electron chi connectivity index (χ4n) is 1.57. The van der Waals surface area contributed by atoms with Crippen LogP contribution in [0.4, 0.5) is 5.69 Å². The molecule has 0 amide bonds. The highest BCUT2D eigenvalue weighted by Gasteiger charge is 2.15. The zero-order valence-electron chi connectivity index (χ0n) is 9.01. The Morgan fingerprint density at radius 3 is 2.81 bits per heavy atom. The second-order valence-electron chi connectivity index (χ2n) is 3.86. The molecule has 1 atom stereocenters. The van der Waals surface area contributed by atoms with Crippen LogP contribution in [0.3, 0.4) is 0 Å². The van der Waals surface area contributed by atoms with Gasteiger partial charge in [0.2, 0.25) is 0 Å². The van der Waals surface area contributed by atoms with Crippen molar-refractivity contribution in [1.29, 1.82) is 0 Å². The van der Waals surface area contributed by atoms with Gasteiger partial charge in [0.1, 0.15) is 0 Å². The van der Waals surface area contributed by atoms with Crippen molar-refractivity contribution in [3.63, 3.8) is 0 Å². The number of pyridine rings is 1. The number of nitrogens with zero attached hydrogens (tertiary/aromatic N) is 1. The van der Waals surface area contributed by atoms with Crippen LogP contribution in [0, 0.1) is 0 Å². The van der Waals surface area contributed by atoms with Crippen molar-refractivity contribution in [2.24, 2.45) is 0 Å². The zero-order chi connectivity index (χ0) is 11.6. The standard InChI is InChI=1S/C10H14N2O3S/c1-16(13,14)10-3-2-8(6-11-10)12-9-4-5-15-7-9/h2-3,6,9,12H,4-5,7H2,1H3. The molecule has 0 spiro atoms. The number of rotatable bonds is 3. The van der Waals surface area contributed by atoms with Crippen LogP contribution < -0.4 is 5.32 Å². The van der Waals surface area contributed by atoms with E-state index in [0.717, 1.165) is 25.0 Å². The van der Waals surface area contributed by atoms with Gasteiger partial charge < -0.3 is 10.1 Å². The van der Waals surface area contributed by atoms with E-state index in [1.165, 1.54) is 12.3 Å². The summed E-state index contributed by atoms with van der Waals surface area (Å²) in [4.78, 5) is 3.90. The molecule has 6 heteroatoms. The van der Waals surface area contributed by atoms with Crippen molar-refractivity contribution in [3.8, 4) is 0 Å². The maximum atomic E-state index is 11.2. The molecule has 5 nitrogen and oxygen atoms in total. The molecule has 88 valence electrons. The minimum atomic E-state index is -3.21. The van der Waals surface area contributed by atoms with E-state index >= 15 is 0 Å². The number of hydrogen-bond acceptors (Lipinski definition) is 5.